The lowest BCUT2D eigenvalue weighted by Crippen LogP contribution is -2.01. The van der Waals surface area contributed by atoms with Crippen LogP contribution >= 0.6 is 0 Å². The molecule has 0 amide bonds. The number of hydrogen-bond donors (Lipinski definition) is 0. The molecule has 0 aliphatic carbocycles. The first kappa shape index (κ1) is 11.2. The highest BCUT2D eigenvalue weighted by Crippen LogP contribution is 2.34. The number of rotatable bonds is 4. The quantitative estimate of drug-likeness (QED) is 0.590. The van der Waals surface area contributed by atoms with Gasteiger partial charge in [-0.1, -0.05) is 0 Å². The van der Waals surface area contributed by atoms with E-state index in [2.05, 4.69) is 0 Å². The average molecular weight is 234 g/mol. The molecule has 0 saturated carbocycles. The number of carbonyl (C=O) groups excluding carboxylic acids is 1. The second-order valence-corrected chi connectivity index (χ2v) is 3.25. The van der Waals surface area contributed by atoms with Crippen LogP contribution in [0.5, 0.6) is 11.5 Å². The highest BCUT2D eigenvalue weighted by Gasteiger charge is 2.11. The fraction of sp³-hybridized carbons (Fsp3) is 0.167. The predicted molar refractivity (Wildman–Crippen MR) is 60.6 cm³/mol. The maximum Gasteiger partial charge on any atom is 0.336 e. The molecule has 17 heavy (non-hydrogen) atoms. The summed E-state index contributed by atoms with van der Waals surface area (Å²) in [5.41, 5.74) is -0.160. The molecule has 0 unspecified atom stereocenters. The first-order valence-corrected chi connectivity index (χ1v) is 4.93. The fourth-order valence-corrected chi connectivity index (χ4v) is 1.52. The van der Waals surface area contributed by atoms with Gasteiger partial charge in [-0.25, -0.2) is 4.79 Å². The van der Waals surface area contributed by atoms with E-state index >= 15 is 0 Å². The van der Waals surface area contributed by atoms with Gasteiger partial charge in [0.15, 0.2) is 17.6 Å². The summed E-state index contributed by atoms with van der Waals surface area (Å²) >= 11 is 0. The van der Waals surface area contributed by atoms with E-state index in [9.17, 15) is 9.59 Å². The normalized spacial score (nSPS) is 10.2. The minimum atomic E-state index is -0.469. The molecule has 0 N–H and O–H groups in total. The molecular formula is C12H10O5. The Morgan fingerprint density at radius 3 is 2.76 bits per heavy atom. The minimum absolute atomic E-state index is 0.0844. The monoisotopic (exact) mass is 234 g/mol. The van der Waals surface area contributed by atoms with Gasteiger partial charge in [0.05, 0.1) is 7.11 Å². The van der Waals surface area contributed by atoms with Crippen LogP contribution < -0.4 is 15.1 Å². The van der Waals surface area contributed by atoms with Gasteiger partial charge in [0.2, 0.25) is 5.75 Å². The lowest BCUT2D eigenvalue weighted by molar-refractivity contribution is -0.109. The summed E-state index contributed by atoms with van der Waals surface area (Å²) in [6, 6.07) is 6.34. The first-order chi connectivity index (χ1) is 8.26. The maximum atomic E-state index is 11.2. The molecule has 88 valence electrons. The lowest BCUT2D eigenvalue weighted by atomic mass is 10.2. The minimum Gasteiger partial charge on any atom is -0.490 e. The highest BCUT2D eigenvalue weighted by atomic mass is 16.5. The molecule has 0 saturated heterocycles. The Kier molecular flexibility index (Phi) is 3.09. The second-order valence-electron chi connectivity index (χ2n) is 3.25. The van der Waals surface area contributed by atoms with E-state index in [0.29, 0.717) is 23.4 Å². The zero-order valence-electron chi connectivity index (χ0n) is 9.14. The Morgan fingerprint density at radius 1 is 1.29 bits per heavy atom. The van der Waals surface area contributed by atoms with Crippen molar-refractivity contribution in [3.63, 3.8) is 0 Å². The molecule has 1 aromatic carbocycles. The molecule has 0 fully saturated rings. The third-order valence-corrected chi connectivity index (χ3v) is 2.22. The number of aldehydes is 1. The van der Waals surface area contributed by atoms with Crippen molar-refractivity contribution in [2.75, 3.05) is 13.7 Å². The largest absolute Gasteiger partial charge is 0.490 e. The van der Waals surface area contributed by atoms with Gasteiger partial charge in [-0.05, 0) is 18.2 Å². The average Bonchev–Trinajstić information content (AvgIpc) is 2.35. The number of benzene rings is 1. The molecule has 0 aliphatic heterocycles. The molecule has 0 spiro atoms. The van der Waals surface area contributed by atoms with Gasteiger partial charge in [-0.2, -0.15) is 0 Å². The van der Waals surface area contributed by atoms with Crippen molar-refractivity contribution in [2.45, 2.75) is 0 Å². The molecule has 0 atom stereocenters. The first-order valence-electron chi connectivity index (χ1n) is 4.93. The van der Waals surface area contributed by atoms with Crippen LogP contribution in [0.2, 0.25) is 0 Å². The number of methoxy groups -OCH3 is 1. The molecule has 0 bridgehead atoms. The molecule has 5 nitrogen and oxygen atoms in total. The zero-order chi connectivity index (χ0) is 12.3. The maximum absolute atomic E-state index is 11.2. The number of carbonyl (C=O) groups is 1. The number of fused-ring (bicyclic) bond motifs is 1. The third kappa shape index (κ3) is 2.13. The zero-order valence-corrected chi connectivity index (χ0v) is 9.14. The van der Waals surface area contributed by atoms with E-state index in [1.165, 1.54) is 13.2 Å². The molecule has 0 aliphatic rings. The van der Waals surface area contributed by atoms with Crippen molar-refractivity contribution in [3.05, 3.63) is 34.7 Å². The molecule has 2 rings (SSSR count). The number of hydrogen-bond acceptors (Lipinski definition) is 5. The van der Waals surface area contributed by atoms with Crippen molar-refractivity contribution < 1.29 is 18.7 Å². The van der Waals surface area contributed by atoms with Gasteiger partial charge >= 0.3 is 5.63 Å². The Hall–Kier alpha value is -2.30. The van der Waals surface area contributed by atoms with Crippen LogP contribution in [0.3, 0.4) is 0 Å². The van der Waals surface area contributed by atoms with Crippen LogP contribution in [-0.4, -0.2) is 20.0 Å². The molecule has 0 radical (unpaired) electrons. The van der Waals surface area contributed by atoms with Gasteiger partial charge in [-0.15, -0.1) is 0 Å². The topological polar surface area (TPSA) is 65.7 Å². The lowest BCUT2D eigenvalue weighted by Gasteiger charge is -2.09. The second kappa shape index (κ2) is 4.69. The summed E-state index contributed by atoms with van der Waals surface area (Å²) in [4.78, 5) is 21.4. The summed E-state index contributed by atoms with van der Waals surface area (Å²) in [7, 11) is 1.44. The van der Waals surface area contributed by atoms with Crippen molar-refractivity contribution in [1.82, 2.24) is 0 Å². The smallest absolute Gasteiger partial charge is 0.336 e. The van der Waals surface area contributed by atoms with E-state index < -0.39 is 5.63 Å². The van der Waals surface area contributed by atoms with E-state index in [4.69, 9.17) is 13.9 Å². The van der Waals surface area contributed by atoms with E-state index in [1.807, 2.05) is 0 Å². The van der Waals surface area contributed by atoms with Gasteiger partial charge in [0.25, 0.3) is 0 Å². The van der Waals surface area contributed by atoms with Crippen molar-refractivity contribution in [1.29, 1.82) is 0 Å². The van der Waals surface area contributed by atoms with E-state index in [1.54, 1.807) is 18.2 Å². The van der Waals surface area contributed by atoms with Crippen LogP contribution in [0, 0.1) is 0 Å². The van der Waals surface area contributed by atoms with E-state index in [-0.39, 0.29) is 6.61 Å². The standard InChI is InChI=1S/C12H10O5/c1-15-12-9(16-7-6-13)4-2-8-3-5-10(14)17-11(8)12/h2-6H,7H2,1H3. The molecular weight excluding hydrogens is 224 g/mol. The Morgan fingerprint density at radius 2 is 2.06 bits per heavy atom. The molecule has 5 heteroatoms. The Balaban J connectivity index is 2.62. The van der Waals surface area contributed by atoms with Crippen LogP contribution in [0.15, 0.2) is 33.5 Å². The van der Waals surface area contributed by atoms with Crippen molar-refractivity contribution in [2.24, 2.45) is 0 Å². The van der Waals surface area contributed by atoms with Crippen LogP contribution in [0.4, 0.5) is 0 Å². The molecule has 1 heterocycles. The summed E-state index contributed by atoms with van der Waals surface area (Å²) in [6.07, 6.45) is 0.630. The SMILES string of the molecule is COc1c(OCC=O)ccc2ccc(=O)oc12. The van der Waals surface area contributed by atoms with Crippen LogP contribution in [0.1, 0.15) is 0 Å². The summed E-state index contributed by atoms with van der Waals surface area (Å²) < 4.78 is 15.4. The van der Waals surface area contributed by atoms with Gasteiger partial charge in [0.1, 0.15) is 6.61 Å². The molecule has 1 aromatic heterocycles. The third-order valence-electron chi connectivity index (χ3n) is 2.22. The Labute approximate surface area is 96.6 Å². The summed E-state index contributed by atoms with van der Waals surface area (Å²) in [6.45, 7) is -0.0844. The highest BCUT2D eigenvalue weighted by molar-refractivity contribution is 5.85. The van der Waals surface area contributed by atoms with Gasteiger partial charge < -0.3 is 13.9 Å². The van der Waals surface area contributed by atoms with Gasteiger partial charge in [0, 0.05) is 11.5 Å². The number of ether oxygens (including phenoxy) is 2. The Bertz CT molecular complexity index is 599. The summed E-state index contributed by atoms with van der Waals surface area (Å²) in [5, 5.41) is 0.722. The summed E-state index contributed by atoms with van der Waals surface area (Å²) in [5.74, 6) is 0.670. The van der Waals surface area contributed by atoms with E-state index in [0.717, 1.165) is 5.39 Å². The predicted octanol–water partition coefficient (Wildman–Crippen LogP) is 1.38. The van der Waals surface area contributed by atoms with Gasteiger partial charge in [-0.3, -0.25) is 4.79 Å². The van der Waals surface area contributed by atoms with Crippen LogP contribution in [0.25, 0.3) is 11.0 Å². The molecule has 2 aromatic rings. The van der Waals surface area contributed by atoms with Crippen molar-refractivity contribution in [3.8, 4) is 11.5 Å². The van der Waals surface area contributed by atoms with Crippen LogP contribution in [-0.2, 0) is 4.79 Å². The fourth-order valence-electron chi connectivity index (χ4n) is 1.52. The van der Waals surface area contributed by atoms with Crippen molar-refractivity contribution >= 4 is 17.3 Å².